The third-order valence-electron chi connectivity index (χ3n) is 3.86. The molecule has 0 aliphatic carbocycles. The summed E-state index contributed by atoms with van der Waals surface area (Å²) >= 11 is 0. The molecule has 0 radical (unpaired) electrons. The molecule has 1 aromatic heterocycles. The fraction of sp³-hybridized carbons (Fsp3) is 0.278. The molecule has 0 saturated heterocycles. The van der Waals surface area contributed by atoms with Gasteiger partial charge >= 0.3 is 0 Å². The van der Waals surface area contributed by atoms with Crippen LogP contribution in [0.15, 0.2) is 42.6 Å². The Balaban J connectivity index is 2.06. The molecule has 8 nitrogen and oxygen atoms in total. The molecule has 2 aromatic rings. The molecule has 0 spiro atoms. The Morgan fingerprint density at radius 3 is 2.41 bits per heavy atom. The molecule has 0 aliphatic rings. The van der Waals surface area contributed by atoms with Crippen molar-refractivity contribution in [3.8, 4) is 11.6 Å². The number of nitrogens with zero attached hydrogens (tertiary/aromatic N) is 1. The van der Waals surface area contributed by atoms with Gasteiger partial charge in [-0.3, -0.25) is 9.59 Å². The SMILES string of the molecule is CC(C)S(=O)(=O)C(C)C(=O)Nc1ccc(Oc2cccc(C(N)=O)c2)nc1. The van der Waals surface area contributed by atoms with Gasteiger partial charge in [0.2, 0.25) is 17.7 Å². The van der Waals surface area contributed by atoms with Gasteiger partial charge in [-0.2, -0.15) is 0 Å². The molecule has 3 N–H and O–H groups in total. The van der Waals surface area contributed by atoms with Crippen LogP contribution in [0.1, 0.15) is 31.1 Å². The number of primary amides is 1. The normalized spacial score (nSPS) is 12.4. The van der Waals surface area contributed by atoms with Gasteiger partial charge in [0.1, 0.15) is 11.0 Å². The number of ether oxygens (including phenoxy) is 1. The van der Waals surface area contributed by atoms with Crippen LogP contribution in [0.5, 0.6) is 11.6 Å². The first-order valence-corrected chi connectivity index (χ1v) is 9.79. The predicted octanol–water partition coefficient (Wildman–Crippen LogP) is 2.12. The van der Waals surface area contributed by atoms with Gasteiger partial charge in [0.25, 0.3) is 0 Å². The molecule has 2 rings (SSSR count). The Morgan fingerprint density at radius 2 is 1.85 bits per heavy atom. The molecule has 1 atom stereocenters. The Kier molecular flexibility index (Phi) is 6.17. The molecule has 2 amide bonds. The zero-order valence-corrected chi connectivity index (χ0v) is 16.0. The van der Waals surface area contributed by atoms with Gasteiger partial charge in [0, 0.05) is 11.6 Å². The van der Waals surface area contributed by atoms with E-state index in [1.54, 1.807) is 18.2 Å². The minimum absolute atomic E-state index is 0.234. The molecule has 0 fully saturated rings. The van der Waals surface area contributed by atoms with Crippen molar-refractivity contribution >= 4 is 27.3 Å². The maximum atomic E-state index is 12.1. The number of carbonyl (C=O) groups is 2. The van der Waals surface area contributed by atoms with E-state index in [1.165, 1.54) is 45.2 Å². The van der Waals surface area contributed by atoms with E-state index in [2.05, 4.69) is 10.3 Å². The average molecular weight is 391 g/mol. The minimum Gasteiger partial charge on any atom is -0.439 e. The fourth-order valence-electron chi connectivity index (χ4n) is 2.15. The molecule has 0 aliphatic heterocycles. The first kappa shape index (κ1) is 20.4. The van der Waals surface area contributed by atoms with Crippen molar-refractivity contribution in [3.63, 3.8) is 0 Å². The number of benzene rings is 1. The van der Waals surface area contributed by atoms with Crippen LogP contribution in [-0.2, 0) is 14.6 Å². The number of sulfone groups is 1. The van der Waals surface area contributed by atoms with E-state index in [1.807, 2.05) is 0 Å². The predicted molar refractivity (Wildman–Crippen MR) is 101 cm³/mol. The van der Waals surface area contributed by atoms with Gasteiger partial charge < -0.3 is 15.8 Å². The summed E-state index contributed by atoms with van der Waals surface area (Å²) in [5, 5.41) is 0.695. The van der Waals surface area contributed by atoms with E-state index in [4.69, 9.17) is 10.5 Å². The molecular weight excluding hydrogens is 370 g/mol. The zero-order chi connectivity index (χ0) is 20.2. The standard InChI is InChI=1S/C18H21N3O5S/c1-11(2)27(24,25)12(3)18(23)21-14-7-8-16(20-10-14)26-15-6-4-5-13(9-15)17(19)22/h4-12H,1-3H3,(H2,19,22)(H,21,23). The maximum absolute atomic E-state index is 12.1. The van der Waals surface area contributed by atoms with Crippen LogP contribution in [0.2, 0.25) is 0 Å². The van der Waals surface area contributed by atoms with Crippen molar-refractivity contribution in [1.82, 2.24) is 4.98 Å². The van der Waals surface area contributed by atoms with Crippen LogP contribution in [-0.4, -0.2) is 35.7 Å². The second kappa shape index (κ2) is 8.17. The van der Waals surface area contributed by atoms with E-state index in [-0.39, 0.29) is 5.88 Å². The lowest BCUT2D eigenvalue weighted by Crippen LogP contribution is -2.36. The van der Waals surface area contributed by atoms with Gasteiger partial charge in [-0.25, -0.2) is 13.4 Å². The van der Waals surface area contributed by atoms with Gasteiger partial charge in [0.05, 0.1) is 17.1 Å². The monoisotopic (exact) mass is 391 g/mol. The highest BCUT2D eigenvalue weighted by molar-refractivity contribution is 7.93. The third-order valence-corrected chi connectivity index (χ3v) is 6.38. The molecule has 0 saturated carbocycles. The smallest absolute Gasteiger partial charge is 0.248 e. The molecule has 1 aromatic carbocycles. The number of hydrogen-bond donors (Lipinski definition) is 2. The molecule has 0 bridgehead atoms. The van der Waals surface area contributed by atoms with Crippen LogP contribution < -0.4 is 15.8 Å². The van der Waals surface area contributed by atoms with E-state index in [9.17, 15) is 18.0 Å². The number of nitrogens with two attached hydrogens (primary N) is 1. The summed E-state index contributed by atoms with van der Waals surface area (Å²) in [6.07, 6.45) is 1.35. The Bertz CT molecular complexity index is 940. The van der Waals surface area contributed by atoms with Crippen molar-refractivity contribution in [1.29, 1.82) is 0 Å². The van der Waals surface area contributed by atoms with Crippen molar-refractivity contribution < 1.29 is 22.7 Å². The Labute approximate surface area is 157 Å². The summed E-state index contributed by atoms with van der Waals surface area (Å²) in [6, 6.07) is 9.36. The highest BCUT2D eigenvalue weighted by Gasteiger charge is 2.30. The highest BCUT2D eigenvalue weighted by Crippen LogP contribution is 2.22. The van der Waals surface area contributed by atoms with Gasteiger partial charge in [0.15, 0.2) is 9.84 Å². The van der Waals surface area contributed by atoms with Gasteiger partial charge in [-0.05, 0) is 45.0 Å². The van der Waals surface area contributed by atoms with E-state index in [0.29, 0.717) is 17.0 Å². The molecule has 27 heavy (non-hydrogen) atoms. The Morgan fingerprint density at radius 1 is 1.15 bits per heavy atom. The van der Waals surface area contributed by atoms with Gasteiger partial charge in [-0.15, -0.1) is 0 Å². The highest BCUT2D eigenvalue weighted by atomic mass is 32.2. The second-order valence-electron chi connectivity index (χ2n) is 6.15. The van der Waals surface area contributed by atoms with Crippen molar-refractivity contribution in [3.05, 3.63) is 48.2 Å². The number of hydrogen-bond acceptors (Lipinski definition) is 6. The van der Waals surface area contributed by atoms with E-state index in [0.717, 1.165) is 0 Å². The second-order valence-corrected chi connectivity index (χ2v) is 8.98. The lowest BCUT2D eigenvalue weighted by atomic mass is 10.2. The quantitative estimate of drug-likeness (QED) is 0.744. The van der Waals surface area contributed by atoms with E-state index < -0.39 is 32.2 Å². The molecule has 144 valence electrons. The minimum atomic E-state index is -3.55. The number of anilines is 1. The summed E-state index contributed by atoms with van der Waals surface area (Å²) in [5.41, 5.74) is 5.86. The number of amides is 2. The van der Waals surface area contributed by atoms with Crippen LogP contribution in [0, 0.1) is 0 Å². The van der Waals surface area contributed by atoms with Crippen LogP contribution in [0.4, 0.5) is 5.69 Å². The number of carbonyl (C=O) groups excluding carboxylic acids is 2. The first-order chi connectivity index (χ1) is 12.6. The summed E-state index contributed by atoms with van der Waals surface area (Å²) in [5.74, 6) is -0.588. The number of pyridine rings is 1. The van der Waals surface area contributed by atoms with Crippen LogP contribution >= 0.6 is 0 Å². The number of rotatable bonds is 7. The zero-order valence-electron chi connectivity index (χ0n) is 15.2. The molecule has 1 heterocycles. The van der Waals surface area contributed by atoms with Crippen molar-refractivity contribution in [2.45, 2.75) is 31.3 Å². The molecule has 9 heteroatoms. The third kappa shape index (κ3) is 5.04. The van der Waals surface area contributed by atoms with Crippen LogP contribution in [0.3, 0.4) is 0 Å². The molecular formula is C18H21N3O5S. The fourth-order valence-corrected chi connectivity index (χ4v) is 3.32. The first-order valence-electron chi connectivity index (χ1n) is 8.18. The van der Waals surface area contributed by atoms with Crippen molar-refractivity contribution in [2.75, 3.05) is 5.32 Å². The van der Waals surface area contributed by atoms with Crippen molar-refractivity contribution in [2.24, 2.45) is 5.73 Å². The number of nitrogens with one attached hydrogen (secondary N) is 1. The topological polar surface area (TPSA) is 128 Å². The van der Waals surface area contributed by atoms with Gasteiger partial charge in [-0.1, -0.05) is 6.07 Å². The maximum Gasteiger partial charge on any atom is 0.248 e. The summed E-state index contributed by atoms with van der Waals surface area (Å²) < 4.78 is 29.7. The largest absolute Gasteiger partial charge is 0.439 e. The number of aromatic nitrogens is 1. The summed E-state index contributed by atoms with van der Waals surface area (Å²) in [6.45, 7) is 4.40. The Hall–Kier alpha value is -2.94. The van der Waals surface area contributed by atoms with Crippen LogP contribution in [0.25, 0.3) is 0 Å². The summed E-state index contributed by atoms with van der Waals surface area (Å²) in [4.78, 5) is 27.4. The molecule has 1 unspecified atom stereocenters. The lowest BCUT2D eigenvalue weighted by Gasteiger charge is -2.15. The van der Waals surface area contributed by atoms with E-state index >= 15 is 0 Å². The summed E-state index contributed by atoms with van der Waals surface area (Å²) in [7, 11) is -3.55. The average Bonchev–Trinajstić information content (AvgIpc) is 2.62. The lowest BCUT2D eigenvalue weighted by molar-refractivity contribution is -0.115.